The van der Waals surface area contributed by atoms with Gasteiger partial charge in [0.25, 0.3) is 0 Å². The Labute approximate surface area is 137 Å². The average Bonchev–Trinajstić information content (AvgIpc) is 2.29. The van der Waals surface area contributed by atoms with Crippen molar-refractivity contribution >= 4 is 61.7 Å². The fourth-order valence-electron chi connectivity index (χ4n) is 1.01. The van der Waals surface area contributed by atoms with Crippen molar-refractivity contribution in [2.45, 2.75) is 13.3 Å². The smallest absolute Gasteiger partial charge is 1.00 e. The summed E-state index contributed by atoms with van der Waals surface area (Å²) in [5.41, 5.74) is 0.332. The van der Waals surface area contributed by atoms with Gasteiger partial charge in [0.15, 0.2) is 0 Å². The Kier molecular flexibility index (Phi) is 8.68. The van der Waals surface area contributed by atoms with E-state index in [1.807, 2.05) is 6.92 Å². The van der Waals surface area contributed by atoms with Gasteiger partial charge in [-0.3, -0.25) is 0 Å². The fraction of sp³-hybridized carbons (Fsp3) is 0.273. The summed E-state index contributed by atoms with van der Waals surface area (Å²) in [5, 5.41) is 8.75. The molecule has 0 fully saturated rings. The number of rotatable bonds is 5. The third kappa shape index (κ3) is 5.77. The summed E-state index contributed by atoms with van der Waals surface area (Å²) in [7, 11) is 0. The third-order valence-electron chi connectivity index (χ3n) is 1.77. The molecule has 0 aromatic heterocycles. The molecule has 17 heavy (non-hydrogen) atoms. The SMILES string of the molecule is CCCSOC(=O)c1cccc(C(=O)O)c1.[Ca+2].[H-].[H-]. The molecule has 0 amide bonds. The van der Waals surface area contributed by atoms with E-state index >= 15 is 0 Å². The topological polar surface area (TPSA) is 63.6 Å². The summed E-state index contributed by atoms with van der Waals surface area (Å²) >= 11 is 1.07. The van der Waals surface area contributed by atoms with Gasteiger partial charge in [-0.15, -0.1) is 0 Å². The predicted molar refractivity (Wildman–Crippen MR) is 69.5 cm³/mol. The van der Waals surface area contributed by atoms with E-state index in [2.05, 4.69) is 0 Å². The average molecular weight is 282 g/mol. The van der Waals surface area contributed by atoms with Gasteiger partial charge in [-0.1, -0.05) is 13.0 Å². The molecule has 0 aliphatic heterocycles. The number of carboxylic acids is 1. The van der Waals surface area contributed by atoms with E-state index in [-0.39, 0.29) is 51.7 Å². The molecule has 0 saturated carbocycles. The maximum Gasteiger partial charge on any atom is 2.00 e. The maximum atomic E-state index is 11.5. The zero-order valence-electron chi connectivity index (χ0n) is 11.5. The molecule has 0 heterocycles. The van der Waals surface area contributed by atoms with Crippen molar-refractivity contribution in [2.75, 3.05) is 5.75 Å². The van der Waals surface area contributed by atoms with Crippen LogP contribution in [0.4, 0.5) is 0 Å². The van der Waals surface area contributed by atoms with Crippen LogP contribution in [0.15, 0.2) is 24.3 Å². The van der Waals surface area contributed by atoms with Crippen LogP contribution in [-0.4, -0.2) is 60.5 Å². The van der Waals surface area contributed by atoms with E-state index in [0.29, 0.717) is 0 Å². The molecule has 1 aromatic rings. The van der Waals surface area contributed by atoms with Crippen LogP contribution in [0.1, 0.15) is 36.9 Å². The van der Waals surface area contributed by atoms with Gasteiger partial charge in [0, 0.05) is 5.75 Å². The molecular weight excluding hydrogens is 268 g/mol. The normalized spacial score (nSPS) is 9.24. The van der Waals surface area contributed by atoms with Crippen LogP contribution in [0, 0.1) is 0 Å². The minimum Gasteiger partial charge on any atom is -1.00 e. The molecule has 0 saturated heterocycles. The molecule has 0 spiro atoms. The maximum absolute atomic E-state index is 11.5. The Morgan fingerprint density at radius 2 is 2.06 bits per heavy atom. The first-order chi connectivity index (χ1) is 7.65. The van der Waals surface area contributed by atoms with E-state index in [1.54, 1.807) is 0 Å². The second-order valence-electron chi connectivity index (χ2n) is 3.08. The van der Waals surface area contributed by atoms with Crippen molar-refractivity contribution < 1.29 is 21.7 Å². The summed E-state index contributed by atoms with van der Waals surface area (Å²) in [6.07, 6.45) is 0.910. The van der Waals surface area contributed by atoms with Crippen molar-refractivity contribution in [3.8, 4) is 0 Å². The zero-order chi connectivity index (χ0) is 12.0. The molecular formula is C11H14CaO4S. The van der Waals surface area contributed by atoms with Crippen LogP contribution in [-0.2, 0) is 4.18 Å². The van der Waals surface area contributed by atoms with E-state index < -0.39 is 11.9 Å². The molecule has 1 N–H and O–H groups in total. The van der Waals surface area contributed by atoms with E-state index in [0.717, 1.165) is 24.2 Å². The largest absolute Gasteiger partial charge is 2.00 e. The second kappa shape index (κ2) is 8.80. The van der Waals surface area contributed by atoms with Gasteiger partial charge in [-0.25, -0.2) is 9.59 Å². The van der Waals surface area contributed by atoms with Crippen LogP contribution in [0.3, 0.4) is 0 Å². The van der Waals surface area contributed by atoms with Crippen molar-refractivity contribution in [3.05, 3.63) is 35.4 Å². The predicted octanol–water partition coefficient (Wildman–Crippen LogP) is 2.44. The molecule has 0 radical (unpaired) electrons. The summed E-state index contributed by atoms with van der Waals surface area (Å²) in [6, 6.07) is 5.78. The minimum atomic E-state index is -1.06. The quantitative estimate of drug-likeness (QED) is 0.510. The van der Waals surface area contributed by atoms with Crippen LogP contribution in [0.2, 0.25) is 0 Å². The second-order valence-corrected chi connectivity index (χ2v) is 3.89. The first-order valence-electron chi connectivity index (χ1n) is 4.82. The van der Waals surface area contributed by atoms with Gasteiger partial charge >= 0.3 is 49.7 Å². The van der Waals surface area contributed by atoms with Gasteiger partial charge in [0.2, 0.25) is 0 Å². The van der Waals surface area contributed by atoms with Crippen LogP contribution in [0.5, 0.6) is 0 Å². The molecule has 0 bridgehead atoms. The number of carbonyl (C=O) groups excluding carboxylic acids is 1. The first kappa shape index (κ1) is 16.8. The van der Waals surface area contributed by atoms with Gasteiger partial charge in [-0.05, 0) is 24.6 Å². The Balaban J connectivity index is -0.000000853. The number of carbonyl (C=O) groups is 2. The Morgan fingerprint density at radius 1 is 1.41 bits per heavy atom. The molecule has 0 aliphatic rings. The fourth-order valence-corrected chi connectivity index (χ4v) is 1.46. The van der Waals surface area contributed by atoms with E-state index in [4.69, 9.17) is 9.29 Å². The molecule has 6 heteroatoms. The Hall–Kier alpha value is -0.230. The van der Waals surface area contributed by atoms with Gasteiger partial charge in [-0.2, -0.15) is 0 Å². The van der Waals surface area contributed by atoms with E-state index in [1.165, 1.54) is 24.3 Å². The van der Waals surface area contributed by atoms with Crippen LogP contribution < -0.4 is 0 Å². The summed E-state index contributed by atoms with van der Waals surface area (Å²) < 4.78 is 4.89. The summed E-state index contributed by atoms with van der Waals surface area (Å²) in [5.74, 6) is -0.845. The third-order valence-corrected chi connectivity index (χ3v) is 2.61. The van der Waals surface area contributed by atoms with Gasteiger partial charge < -0.3 is 12.1 Å². The van der Waals surface area contributed by atoms with Crippen molar-refractivity contribution in [3.63, 3.8) is 0 Å². The molecule has 90 valence electrons. The number of carboxylic acid groups (broad SMARTS) is 1. The molecule has 0 unspecified atom stereocenters. The van der Waals surface area contributed by atoms with Crippen LogP contribution in [0.25, 0.3) is 0 Å². The number of hydrogen-bond donors (Lipinski definition) is 1. The zero-order valence-corrected chi connectivity index (χ0v) is 12.5. The monoisotopic (exact) mass is 282 g/mol. The molecule has 1 aromatic carbocycles. The number of hydrogen-bond acceptors (Lipinski definition) is 4. The Bertz CT molecular complexity index is 404. The number of benzene rings is 1. The molecule has 0 aliphatic carbocycles. The van der Waals surface area contributed by atoms with Crippen molar-refractivity contribution in [1.29, 1.82) is 0 Å². The van der Waals surface area contributed by atoms with E-state index in [9.17, 15) is 9.59 Å². The Morgan fingerprint density at radius 3 is 2.65 bits per heavy atom. The molecule has 0 atom stereocenters. The molecule has 1 rings (SSSR count). The van der Waals surface area contributed by atoms with Gasteiger partial charge in [0.05, 0.1) is 23.2 Å². The van der Waals surface area contributed by atoms with Crippen LogP contribution >= 0.6 is 12.0 Å². The van der Waals surface area contributed by atoms with Crippen molar-refractivity contribution in [1.82, 2.24) is 0 Å². The summed E-state index contributed by atoms with van der Waals surface area (Å²) in [6.45, 7) is 1.98. The number of aromatic carboxylic acids is 1. The first-order valence-corrected chi connectivity index (χ1v) is 5.73. The summed E-state index contributed by atoms with van der Waals surface area (Å²) in [4.78, 5) is 22.1. The molecule has 4 nitrogen and oxygen atoms in total. The van der Waals surface area contributed by atoms with Crippen molar-refractivity contribution in [2.24, 2.45) is 0 Å². The van der Waals surface area contributed by atoms with Gasteiger partial charge in [0.1, 0.15) is 0 Å². The standard InChI is InChI=1S/C11H12O4S.Ca.2H/c1-2-6-16-15-11(14)9-5-3-4-8(7-9)10(12)13;;;/h3-5,7H,2,6H2,1H3,(H,12,13);;;/q;+2;2*-1. The minimum absolute atomic E-state index is 0.